The lowest BCUT2D eigenvalue weighted by atomic mass is 9.81. The van der Waals surface area contributed by atoms with Gasteiger partial charge in [-0.3, -0.25) is 9.59 Å². The number of nitrogens with zero attached hydrogens (tertiary/aromatic N) is 3. The molecular weight excluding hydrogens is 631 g/mol. The zero-order chi connectivity index (χ0) is 34.5. The molecule has 3 rings (SSSR count). The van der Waals surface area contributed by atoms with Gasteiger partial charge in [0, 0.05) is 19.0 Å². The van der Waals surface area contributed by atoms with Crippen molar-refractivity contribution in [2.24, 2.45) is 0 Å². The van der Waals surface area contributed by atoms with Crippen LogP contribution in [-0.4, -0.2) is 30.5 Å². The third-order valence-corrected chi connectivity index (χ3v) is 6.82. The summed E-state index contributed by atoms with van der Waals surface area (Å²) in [4.78, 5) is 28.7. The maximum absolute atomic E-state index is 13.7. The van der Waals surface area contributed by atoms with E-state index in [0.29, 0.717) is 36.3 Å². The number of anilines is 1. The molecule has 242 valence electrons. The average Bonchev–Trinajstić information content (AvgIpc) is 2.95. The van der Waals surface area contributed by atoms with Crippen LogP contribution in [-0.2, 0) is 32.1 Å². The standard InChI is InChI=1S/C26H19ClF7N3O.C5H10O2/c1-13-7-17(28)5-6-18(13)19-11-21(27)36-20(12-35)22(19)37(4)23(38)24(2,3)14-8-15(25(29,30)31)10-16(9-14)26(32,33)34;1-3-5(6)7-4-2/h5-11H,1-4H3;3-4H2,1-2H3. The van der Waals surface area contributed by atoms with Crippen LogP contribution >= 0.6 is 11.6 Å². The third kappa shape index (κ3) is 8.94. The second-order valence-electron chi connectivity index (χ2n) is 10.2. The molecule has 45 heavy (non-hydrogen) atoms. The molecule has 0 N–H and O–H groups in total. The maximum Gasteiger partial charge on any atom is 0.416 e. The minimum absolute atomic E-state index is 0.0277. The van der Waals surface area contributed by atoms with Gasteiger partial charge in [-0.05, 0) is 80.8 Å². The fraction of sp³-hybridized carbons (Fsp3) is 0.355. The van der Waals surface area contributed by atoms with E-state index in [2.05, 4.69) is 9.72 Å². The number of pyridine rings is 1. The van der Waals surface area contributed by atoms with Crippen molar-refractivity contribution < 1.29 is 45.1 Å². The van der Waals surface area contributed by atoms with Crippen molar-refractivity contribution in [3.8, 4) is 17.2 Å². The summed E-state index contributed by atoms with van der Waals surface area (Å²) in [6.45, 7) is 7.97. The van der Waals surface area contributed by atoms with Gasteiger partial charge in [0.2, 0.25) is 5.91 Å². The molecule has 0 radical (unpaired) electrons. The summed E-state index contributed by atoms with van der Waals surface area (Å²) < 4.78 is 99.0. The Balaban J connectivity index is 0.000000900. The van der Waals surface area contributed by atoms with Gasteiger partial charge in [0.25, 0.3) is 0 Å². The van der Waals surface area contributed by atoms with Crippen molar-refractivity contribution in [3.63, 3.8) is 0 Å². The zero-order valence-electron chi connectivity index (χ0n) is 25.0. The lowest BCUT2D eigenvalue weighted by Crippen LogP contribution is -2.42. The van der Waals surface area contributed by atoms with Gasteiger partial charge in [-0.2, -0.15) is 31.6 Å². The molecule has 0 saturated carbocycles. The lowest BCUT2D eigenvalue weighted by molar-refractivity contribution is -0.144. The van der Waals surface area contributed by atoms with Crippen molar-refractivity contribution in [1.82, 2.24) is 4.98 Å². The normalized spacial score (nSPS) is 11.7. The smallest absolute Gasteiger partial charge is 0.416 e. The highest BCUT2D eigenvalue weighted by Crippen LogP contribution is 2.42. The Hall–Kier alpha value is -4.18. The molecule has 0 aliphatic carbocycles. The molecule has 3 aromatic rings. The molecule has 1 amide bonds. The van der Waals surface area contributed by atoms with Gasteiger partial charge < -0.3 is 9.64 Å². The highest BCUT2D eigenvalue weighted by Gasteiger charge is 2.41. The van der Waals surface area contributed by atoms with E-state index in [0.717, 1.165) is 11.0 Å². The summed E-state index contributed by atoms with van der Waals surface area (Å²) in [5.41, 5.74) is -5.09. The topological polar surface area (TPSA) is 83.3 Å². The monoisotopic (exact) mass is 659 g/mol. The van der Waals surface area contributed by atoms with Crippen molar-refractivity contribution in [2.75, 3.05) is 18.6 Å². The van der Waals surface area contributed by atoms with Crippen LogP contribution in [0.5, 0.6) is 0 Å². The number of amides is 1. The Bertz CT molecular complexity index is 1580. The Morgan fingerprint density at radius 3 is 1.89 bits per heavy atom. The van der Waals surface area contributed by atoms with E-state index < -0.39 is 46.2 Å². The minimum Gasteiger partial charge on any atom is -0.466 e. The van der Waals surface area contributed by atoms with E-state index in [1.54, 1.807) is 26.8 Å². The van der Waals surface area contributed by atoms with Gasteiger partial charge in [0.05, 0.1) is 28.8 Å². The molecule has 0 fully saturated rings. The summed E-state index contributed by atoms with van der Waals surface area (Å²) in [6, 6.07) is 7.78. The molecule has 6 nitrogen and oxygen atoms in total. The number of alkyl halides is 6. The number of aromatic nitrogens is 1. The van der Waals surface area contributed by atoms with E-state index in [4.69, 9.17) is 11.6 Å². The maximum atomic E-state index is 13.7. The molecule has 1 heterocycles. The molecule has 0 saturated heterocycles. The number of rotatable bonds is 6. The van der Waals surface area contributed by atoms with Gasteiger partial charge in [-0.1, -0.05) is 24.6 Å². The average molecular weight is 660 g/mol. The first-order chi connectivity index (χ1) is 20.7. The Morgan fingerprint density at radius 1 is 0.933 bits per heavy atom. The van der Waals surface area contributed by atoms with Crippen LogP contribution in [0.4, 0.5) is 36.4 Å². The predicted octanol–water partition coefficient (Wildman–Crippen LogP) is 8.66. The van der Waals surface area contributed by atoms with E-state index >= 15 is 0 Å². The van der Waals surface area contributed by atoms with Crippen molar-refractivity contribution in [1.29, 1.82) is 5.26 Å². The van der Waals surface area contributed by atoms with Crippen LogP contribution in [0.3, 0.4) is 0 Å². The number of halogens is 8. The summed E-state index contributed by atoms with van der Waals surface area (Å²) in [5.74, 6) is -1.61. The van der Waals surface area contributed by atoms with E-state index in [-0.39, 0.29) is 34.1 Å². The number of esters is 1. The summed E-state index contributed by atoms with van der Waals surface area (Å²) in [6.07, 6.45) is -9.74. The Labute approximate surface area is 260 Å². The second kappa shape index (κ2) is 14.3. The molecule has 0 bridgehead atoms. The molecule has 0 aliphatic heterocycles. The minimum atomic E-state index is -5.11. The number of likely N-dealkylation sites (N-methyl/N-ethyl adjacent to an activating group) is 1. The third-order valence-electron chi connectivity index (χ3n) is 6.62. The number of carbonyl (C=O) groups is 2. The molecule has 0 aliphatic rings. The van der Waals surface area contributed by atoms with Crippen molar-refractivity contribution >= 4 is 29.2 Å². The zero-order valence-corrected chi connectivity index (χ0v) is 25.8. The first-order valence-electron chi connectivity index (χ1n) is 13.3. The number of benzene rings is 2. The molecule has 0 unspecified atom stereocenters. The molecular formula is C31H29ClF7N3O3. The second-order valence-corrected chi connectivity index (χ2v) is 10.6. The number of aryl methyl sites for hydroxylation is 1. The van der Waals surface area contributed by atoms with Gasteiger partial charge in [-0.15, -0.1) is 0 Å². The van der Waals surface area contributed by atoms with Crippen LogP contribution in [0.2, 0.25) is 5.15 Å². The van der Waals surface area contributed by atoms with Crippen LogP contribution in [0.15, 0.2) is 42.5 Å². The molecule has 0 atom stereocenters. The first-order valence-corrected chi connectivity index (χ1v) is 13.7. The lowest BCUT2D eigenvalue weighted by Gasteiger charge is -2.32. The highest BCUT2D eigenvalue weighted by molar-refractivity contribution is 6.30. The van der Waals surface area contributed by atoms with E-state index in [1.807, 2.05) is 0 Å². The van der Waals surface area contributed by atoms with Gasteiger partial charge >= 0.3 is 18.3 Å². The van der Waals surface area contributed by atoms with Gasteiger partial charge in [-0.25, -0.2) is 9.37 Å². The molecule has 0 spiro atoms. The van der Waals surface area contributed by atoms with Crippen molar-refractivity contribution in [2.45, 2.75) is 58.8 Å². The number of hydrogen-bond acceptors (Lipinski definition) is 5. The Kier molecular flexibility index (Phi) is 11.7. The number of carbonyl (C=O) groups excluding carboxylic acids is 2. The van der Waals surface area contributed by atoms with Crippen LogP contribution in [0.25, 0.3) is 11.1 Å². The van der Waals surface area contributed by atoms with Crippen LogP contribution < -0.4 is 4.90 Å². The van der Waals surface area contributed by atoms with E-state index in [9.17, 15) is 45.6 Å². The largest absolute Gasteiger partial charge is 0.466 e. The molecule has 1 aromatic heterocycles. The quantitative estimate of drug-likeness (QED) is 0.150. The highest BCUT2D eigenvalue weighted by atomic mass is 35.5. The van der Waals surface area contributed by atoms with Gasteiger partial charge in [0.1, 0.15) is 17.0 Å². The number of hydrogen-bond donors (Lipinski definition) is 0. The summed E-state index contributed by atoms with van der Waals surface area (Å²) in [7, 11) is 1.20. The number of nitriles is 1. The summed E-state index contributed by atoms with van der Waals surface area (Å²) in [5, 5.41) is 9.58. The number of ether oxygens (including phenoxy) is 1. The van der Waals surface area contributed by atoms with Crippen LogP contribution in [0, 0.1) is 24.1 Å². The Morgan fingerprint density at radius 2 is 1.47 bits per heavy atom. The fourth-order valence-corrected chi connectivity index (χ4v) is 4.48. The first kappa shape index (κ1) is 37.0. The van der Waals surface area contributed by atoms with Crippen molar-refractivity contribution in [3.05, 3.63) is 81.4 Å². The fourth-order valence-electron chi connectivity index (χ4n) is 4.28. The molecule has 14 heteroatoms. The predicted molar refractivity (Wildman–Crippen MR) is 154 cm³/mol. The van der Waals surface area contributed by atoms with E-state index in [1.165, 1.54) is 39.1 Å². The molecule has 2 aromatic carbocycles. The summed E-state index contributed by atoms with van der Waals surface area (Å²) >= 11 is 6.07. The van der Waals surface area contributed by atoms with Gasteiger partial charge in [0.15, 0.2) is 5.69 Å². The SMILES string of the molecule is CCOC(=O)CC.Cc1cc(F)ccc1-c1cc(Cl)nc(C#N)c1N(C)C(=O)C(C)(C)c1cc(C(F)(F)F)cc(C(F)(F)F)c1. The van der Waals surface area contributed by atoms with Crippen LogP contribution in [0.1, 0.15) is 62.1 Å².